The molecule has 1 N–H and O–H groups in total. The number of halogens is 1. The number of nitrogens with zero attached hydrogens (tertiary/aromatic N) is 2. The summed E-state index contributed by atoms with van der Waals surface area (Å²) in [6.07, 6.45) is 0.978. The highest BCUT2D eigenvalue weighted by molar-refractivity contribution is 5.94. The van der Waals surface area contributed by atoms with Gasteiger partial charge in [0.15, 0.2) is 0 Å². The van der Waals surface area contributed by atoms with Crippen molar-refractivity contribution in [3.8, 4) is 0 Å². The van der Waals surface area contributed by atoms with Crippen LogP contribution >= 0.6 is 0 Å². The van der Waals surface area contributed by atoms with Crippen molar-refractivity contribution < 1.29 is 9.18 Å². The Labute approximate surface area is 140 Å². The summed E-state index contributed by atoms with van der Waals surface area (Å²) in [5.41, 5.74) is 2.42. The Kier molecular flexibility index (Phi) is 4.60. The maximum absolute atomic E-state index is 13.0. The Balaban J connectivity index is 1.87. The van der Waals surface area contributed by atoms with Gasteiger partial charge in [-0.3, -0.25) is 4.79 Å². The smallest absolute Gasteiger partial charge is 0.251 e. The lowest BCUT2D eigenvalue weighted by atomic mass is 10.2. The molecule has 5 heteroatoms. The number of aromatic nitrogens is 2. The number of imidazole rings is 1. The summed E-state index contributed by atoms with van der Waals surface area (Å²) in [5.74, 6) is 0.232. The van der Waals surface area contributed by atoms with Crippen molar-refractivity contribution in [1.82, 2.24) is 14.9 Å². The van der Waals surface area contributed by atoms with Gasteiger partial charge in [-0.15, -0.1) is 0 Å². The number of para-hydroxylation sites is 2. The van der Waals surface area contributed by atoms with Crippen LogP contribution in [0, 0.1) is 5.82 Å². The topological polar surface area (TPSA) is 46.9 Å². The van der Waals surface area contributed by atoms with E-state index in [0.717, 1.165) is 29.8 Å². The highest BCUT2D eigenvalue weighted by atomic mass is 19.1. The first-order chi connectivity index (χ1) is 11.6. The SMILES string of the molecule is CCCn1c(C(C)NC(=O)c2ccc(F)cc2)nc2ccccc21. The molecule has 0 radical (unpaired) electrons. The third-order valence-corrected chi connectivity index (χ3v) is 3.97. The molecule has 0 saturated carbocycles. The van der Waals surface area contributed by atoms with E-state index in [4.69, 9.17) is 0 Å². The average Bonchev–Trinajstić information content (AvgIpc) is 2.95. The molecule has 24 heavy (non-hydrogen) atoms. The third kappa shape index (κ3) is 3.15. The van der Waals surface area contributed by atoms with Gasteiger partial charge in [-0.05, 0) is 49.7 Å². The highest BCUT2D eigenvalue weighted by Gasteiger charge is 2.18. The first-order valence-electron chi connectivity index (χ1n) is 8.11. The van der Waals surface area contributed by atoms with Crippen molar-refractivity contribution in [2.45, 2.75) is 32.9 Å². The molecule has 0 saturated heterocycles. The molecule has 0 aliphatic rings. The lowest BCUT2D eigenvalue weighted by molar-refractivity contribution is 0.0937. The van der Waals surface area contributed by atoms with E-state index in [1.807, 2.05) is 31.2 Å². The fourth-order valence-electron chi connectivity index (χ4n) is 2.83. The second kappa shape index (κ2) is 6.83. The number of aryl methyl sites for hydroxylation is 1. The molecule has 0 aliphatic heterocycles. The second-order valence-corrected chi connectivity index (χ2v) is 5.81. The van der Waals surface area contributed by atoms with Crippen molar-refractivity contribution in [1.29, 1.82) is 0 Å². The van der Waals surface area contributed by atoms with Gasteiger partial charge in [0, 0.05) is 12.1 Å². The molecule has 2 aromatic carbocycles. The number of hydrogen-bond donors (Lipinski definition) is 1. The first kappa shape index (κ1) is 16.2. The van der Waals surface area contributed by atoms with Gasteiger partial charge >= 0.3 is 0 Å². The monoisotopic (exact) mass is 325 g/mol. The predicted octanol–water partition coefficient (Wildman–Crippen LogP) is 4.08. The molecule has 124 valence electrons. The molecular formula is C19H20FN3O. The number of amides is 1. The van der Waals surface area contributed by atoms with Crippen LogP contribution in [0.5, 0.6) is 0 Å². The lowest BCUT2D eigenvalue weighted by Crippen LogP contribution is -2.28. The average molecular weight is 325 g/mol. The van der Waals surface area contributed by atoms with E-state index in [2.05, 4.69) is 21.8 Å². The van der Waals surface area contributed by atoms with Gasteiger partial charge in [-0.25, -0.2) is 9.37 Å². The number of fused-ring (bicyclic) bond motifs is 1. The number of hydrogen-bond acceptors (Lipinski definition) is 2. The Morgan fingerprint density at radius 2 is 1.92 bits per heavy atom. The normalized spacial score (nSPS) is 12.3. The van der Waals surface area contributed by atoms with Crippen LogP contribution < -0.4 is 5.32 Å². The number of carbonyl (C=O) groups excluding carboxylic acids is 1. The van der Waals surface area contributed by atoms with Crippen LogP contribution in [0.4, 0.5) is 4.39 Å². The van der Waals surface area contributed by atoms with Crippen molar-refractivity contribution in [2.75, 3.05) is 0 Å². The van der Waals surface area contributed by atoms with Gasteiger partial charge < -0.3 is 9.88 Å². The first-order valence-corrected chi connectivity index (χ1v) is 8.11. The van der Waals surface area contributed by atoms with E-state index in [1.54, 1.807) is 0 Å². The van der Waals surface area contributed by atoms with E-state index < -0.39 is 0 Å². The molecule has 1 aromatic heterocycles. The standard InChI is InChI=1S/C19H20FN3O/c1-3-12-23-17-7-5-4-6-16(17)22-18(23)13(2)21-19(24)14-8-10-15(20)11-9-14/h4-11,13H,3,12H2,1-2H3,(H,21,24). The van der Waals surface area contributed by atoms with Gasteiger partial charge in [-0.2, -0.15) is 0 Å². The number of rotatable bonds is 5. The van der Waals surface area contributed by atoms with Crippen molar-refractivity contribution >= 4 is 16.9 Å². The molecule has 1 unspecified atom stereocenters. The van der Waals surface area contributed by atoms with Crippen LogP contribution in [0.25, 0.3) is 11.0 Å². The zero-order chi connectivity index (χ0) is 17.1. The summed E-state index contributed by atoms with van der Waals surface area (Å²) in [4.78, 5) is 17.0. The fraction of sp³-hybridized carbons (Fsp3) is 0.263. The summed E-state index contributed by atoms with van der Waals surface area (Å²) in [5, 5.41) is 2.95. The number of benzene rings is 2. The second-order valence-electron chi connectivity index (χ2n) is 5.81. The van der Waals surface area contributed by atoms with E-state index in [1.165, 1.54) is 24.3 Å². The summed E-state index contributed by atoms with van der Waals surface area (Å²) < 4.78 is 15.1. The largest absolute Gasteiger partial charge is 0.342 e. The summed E-state index contributed by atoms with van der Waals surface area (Å²) in [7, 11) is 0. The molecule has 4 nitrogen and oxygen atoms in total. The molecular weight excluding hydrogens is 305 g/mol. The van der Waals surface area contributed by atoms with E-state index in [0.29, 0.717) is 5.56 Å². The Bertz CT molecular complexity index is 855. The molecule has 0 bridgehead atoms. The minimum atomic E-state index is -0.357. The van der Waals surface area contributed by atoms with Crippen LogP contribution in [-0.2, 0) is 6.54 Å². The zero-order valence-corrected chi connectivity index (χ0v) is 13.8. The molecule has 1 atom stereocenters. The minimum absolute atomic E-state index is 0.238. The molecule has 1 heterocycles. The third-order valence-electron chi connectivity index (χ3n) is 3.97. The van der Waals surface area contributed by atoms with Crippen molar-refractivity contribution in [3.05, 3.63) is 65.7 Å². The summed E-state index contributed by atoms with van der Waals surface area (Å²) in [6, 6.07) is 13.2. The summed E-state index contributed by atoms with van der Waals surface area (Å²) >= 11 is 0. The van der Waals surface area contributed by atoms with Gasteiger partial charge in [0.1, 0.15) is 11.6 Å². The van der Waals surface area contributed by atoms with Crippen molar-refractivity contribution in [2.24, 2.45) is 0 Å². The maximum Gasteiger partial charge on any atom is 0.251 e. The Morgan fingerprint density at radius 3 is 2.62 bits per heavy atom. The minimum Gasteiger partial charge on any atom is -0.342 e. The van der Waals surface area contributed by atoms with Crippen LogP contribution in [0.15, 0.2) is 48.5 Å². The Hall–Kier alpha value is -2.69. The van der Waals surface area contributed by atoms with Crippen LogP contribution in [0.2, 0.25) is 0 Å². The van der Waals surface area contributed by atoms with E-state index >= 15 is 0 Å². The zero-order valence-electron chi connectivity index (χ0n) is 13.8. The lowest BCUT2D eigenvalue weighted by Gasteiger charge is -2.16. The number of carbonyl (C=O) groups is 1. The number of nitrogens with one attached hydrogen (secondary N) is 1. The maximum atomic E-state index is 13.0. The molecule has 0 spiro atoms. The van der Waals surface area contributed by atoms with Crippen LogP contribution in [-0.4, -0.2) is 15.5 Å². The highest BCUT2D eigenvalue weighted by Crippen LogP contribution is 2.21. The quantitative estimate of drug-likeness (QED) is 0.768. The van der Waals surface area contributed by atoms with Crippen LogP contribution in [0.3, 0.4) is 0 Å². The van der Waals surface area contributed by atoms with Gasteiger partial charge in [0.2, 0.25) is 0 Å². The Morgan fingerprint density at radius 1 is 1.21 bits per heavy atom. The molecule has 3 aromatic rings. The van der Waals surface area contributed by atoms with Gasteiger partial charge in [0.25, 0.3) is 5.91 Å². The van der Waals surface area contributed by atoms with Gasteiger partial charge in [-0.1, -0.05) is 19.1 Å². The molecule has 0 aliphatic carbocycles. The van der Waals surface area contributed by atoms with E-state index in [-0.39, 0.29) is 17.8 Å². The van der Waals surface area contributed by atoms with Crippen LogP contribution in [0.1, 0.15) is 42.5 Å². The van der Waals surface area contributed by atoms with E-state index in [9.17, 15) is 9.18 Å². The van der Waals surface area contributed by atoms with Crippen molar-refractivity contribution in [3.63, 3.8) is 0 Å². The summed E-state index contributed by atoms with van der Waals surface area (Å²) in [6.45, 7) is 4.86. The molecule has 3 rings (SSSR count). The molecule has 0 fully saturated rings. The molecule has 1 amide bonds. The van der Waals surface area contributed by atoms with Gasteiger partial charge in [0.05, 0.1) is 17.1 Å². The predicted molar refractivity (Wildman–Crippen MR) is 92.3 cm³/mol. The fourth-order valence-corrected chi connectivity index (χ4v) is 2.83.